The van der Waals surface area contributed by atoms with E-state index < -0.39 is 0 Å². The molecular weight excluding hydrogens is 372 g/mol. The minimum atomic E-state index is 0.212. The molecule has 1 aromatic carbocycles. The fraction of sp³-hybridized carbons (Fsp3) is 0.421. The molecule has 0 aliphatic heterocycles. The van der Waals surface area contributed by atoms with Gasteiger partial charge in [0.05, 0.1) is 5.75 Å². The number of nitrogens with one attached hydrogen (secondary N) is 1. The Kier molecular flexibility index (Phi) is 4.38. The Balaban J connectivity index is 1.33. The zero-order chi connectivity index (χ0) is 19.1. The molecule has 3 aromatic rings. The van der Waals surface area contributed by atoms with Crippen LogP contribution >= 0.6 is 11.8 Å². The van der Waals surface area contributed by atoms with Gasteiger partial charge in [-0.05, 0) is 44.2 Å². The first-order valence-corrected chi connectivity index (χ1v) is 10.6. The standard InChI is InChI=1S/C19H22N8S/c1-11-4-2-3-5-14(11)21-18-23-15(22-17(20)24-18)10-28-19-26-25-16(12-6-7-12)27(19)13-8-9-13/h2-5,12-13H,6-10H2,1H3,(H3,20,21,22,23,24). The smallest absolute Gasteiger partial charge is 0.232 e. The Hall–Kier alpha value is -2.68. The van der Waals surface area contributed by atoms with Gasteiger partial charge in [0.15, 0.2) is 5.16 Å². The largest absolute Gasteiger partial charge is 0.368 e. The second-order valence-corrected chi connectivity index (χ2v) is 8.32. The average Bonchev–Trinajstić information content (AvgIpc) is 3.60. The average molecular weight is 395 g/mol. The highest BCUT2D eigenvalue weighted by Crippen LogP contribution is 2.46. The Morgan fingerprint density at radius 3 is 2.68 bits per heavy atom. The van der Waals surface area contributed by atoms with Gasteiger partial charge in [0.2, 0.25) is 11.9 Å². The Bertz CT molecular complexity index is 1010. The van der Waals surface area contributed by atoms with Crippen molar-refractivity contribution in [1.82, 2.24) is 29.7 Å². The summed E-state index contributed by atoms with van der Waals surface area (Å²) in [6, 6.07) is 8.55. The lowest BCUT2D eigenvalue weighted by Crippen LogP contribution is -2.07. The van der Waals surface area contributed by atoms with Gasteiger partial charge < -0.3 is 15.6 Å². The predicted octanol–water partition coefficient (Wildman–Crippen LogP) is 3.60. The lowest BCUT2D eigenvalue weighted by atomic mass is 10.2. The van der Waals surface area contributed by atoms with Gasteiger partial charge in [0.1, 0.15) is 11.6 Å². The summed E-state index contributed by atoms with van der Waals surface area (Å²) in [5.74, 6) is 3.63. The molecular formula is C19H22N8S. The maximum absolute atomic E-state index is 5.92. The molecule has 2 aromatic heterocycles. The SMILES string of the molecule is Cc1ccccc1Nc1nc(N)nc(CSc2nnc(C3CC3)n2C2CC2)n1. The number of nitrogens with zero attached hydrogens (tertiary/aromatic N) is 6. The summed E-state index contributed by atoms with van der Waals surface area (Å²) >= 11 is 1.61. The van der Waals surface area contributed by atoms with Gasteiger partial charge in [-0.15, -0.1) is 10.2 Å². The van der Waals surface area contributed by atoms with E-state index in [1.165, 1.54) is 25.7 Å². The third-order valence-electron chi connectivity index (χ3n) is 4.97. The van der Waals surface area contributed by atoms with Crippen LogP contribution in [0.5, 0.6) is 0 Å². The van der Waals surface area contributed by atoms with Crippen LogP contribution in [0.4, 0.5) is 17.6 Å². The summed E-state index contributed by atoms with van der Waals surface area (Å²) in [7, 11) is 0. The highest BCUT2D eigenvalue weighted by molar-refractivity contribution is 7.98. The first kappa shape index (κ1) is 17.4. The molecule has 0 amide bonds. The molecule has 2 aliphatic rings. The van der Waals surface area contributed by atoms with E-state index in [1.54, 1.807) is 11.8 Å². The van der Waals surface area contributed by atoms with Gasteiger partial charge in [0.25, 0.3) is 0 Å². The van der Waals surface area contributed by atoms with E-state index in [-0.39, 0.29) is 5.95 Å². The summed E-state index contributed by atoms with van der Waals surface area (Å²) in [5, 5.41) is 13.1. The maximum atomic E-state index is 5.92. The fourth-order valence-electron chi connectivity index (χ4n) is 3.20. The molecule has 2 aliphatic carbocycles. The molecule has 0 unspecified atom stereocenters. The van der Waals surface area contributed by atoms with Crippen LogP contribution < -0.4 is 11.1 Å². The Labute approximate surface area is 167 Å². The van der Waals surface area contributed by atoms with Gasteiger partial charge in [-0.3, -0.25) is 0 Å². The molecule has 144 valence electrons. The Morgan fingerprint density at radius 1 is 1.11 bits per heavy atom. The first-order valence-electron chi connectivity index (χ1n) is 9.58. The number of hydrogen-bond acceptors (Lipinski definition) is 8. The minimum Gasteiger partial charge on any atom is -0.368 e. The number of aromatic nitrogens is 6. The molecule has 0 radical (unpaired) electrons. The fourth-order valence-corrected chi connectivity index (χ4v) is 4.07. The van der Waals surface area contributed by atoms with Crippen molar-refractivity contribution in [2.45, 2.75) is 55.5 Å². The molecule has 0 spiro atoms. The monoisotopic (exact) mass is 394 g/mol. The van der Waals surface area contributed by atoms with Crippen molar-refractivity contribution in [3.63, 3.8) is 0 Å². The zero-order valence-electron chi connectivity index (χ0n) is 15.7. The van der Waals surface area contributed by atoms with Crippen molar-refractivity contribution < 1.29 is 0 Å². The number of thioether (sulfide) groups is 1. The van der Waals surface area contributed by atoms with Crippen LogP contribution in [0.15, 0.2) is 29.4 Å². The Morgan fingerprint density at radius 2 is 1.93 bits per heavy atom. The molecule has 2 fully saturated rings. The number of anilines is 3. The van der Waals surface area contributed by atoms with E-state index >= 15 is 0 Å². The molecule has 0 saturated heterocycles. The molecule has 3 N–H and O–H groups in total. The second-order valence-electron chi connectivity index (χ2n) is 7.38. The number of aryl methyl sites for hydroxylation is 1. The van der Waals surface area contributed by atoms with Crippen LogP contribution in [0.25, 0.3) is 0 Å². The van der Waals surface area contributed by atoms with Crippen molar-refractivity contribution in [3.05, 3.63) is 41.5 Å². The lowest BCUT2D eigenvalue weighted by Gasteiger charge is -2.10. The normalized spacial score (nSPS) is 16.3. The van der Waals surface area contributed by atoms with Gasteiger partial charge >= 0.3 is 0 Å². The highest BCUT2D eigenvalue weighted by atomic mass is 32.2. The predicted molar refractivity (Wildman–Crippen MR) is 109 cm³/mol. The van der Waals surface area contributed by atoms with E-state index in [2.05, 4.69) is 35.0 Å². The number of nitrogen functional groups attached to an aromatic ring is 1. The van der Waals surface area contributed by atoms with E-state index in [0.29, 0.717) is 29.5 Å². The minimum absolute atomic E-state index is 0.212. The van der Waals surface area contributed by atoms with Crippen LogP contribution in [0.2, 0.25) is 0 Å². The second kappa shape index (κ2) is 7.05. The van der Waals surface area contributed by atoms with Crippen molar-refractivity contribution in [3.8, 4) is 0 Å². The molecule has 5 rings (SSSR count). The van der Waals surface area contributed by atoms with Crippen LogP contribution in [-0.4, -0.2) is 29.7 Å². The van der Waals surface area contributed by atoms with Crippen LogP contribution in [-0.2, 0) is 5.75 Å². The lowest BCUT2D eigenvalue weighted by molar-refractivity contribution is 0.626. The number of hydrogen-bond donors (Lipinski definition) is 2. The third-order valence-corrected chi connectivity index (χ3v) is 5.91. The number of para-hydroxylation sites is 1. The van der Waals surface area contributed by atoms with Gasteiger partial charge in [0, 0.05) is 17.6 Å². The summed E-state index contributed by atoms with van der Waals surface area (Å²) in [6.07, 6.45) is 4.89. The summed E-state index contributed by atoms with van der Waals surface area (Å²) in [4.78, 5) is 13.1. The highest BCUT2D eigenvalue weighted by Gasteiger charge is 2.36. The number of nitrogens with two attached hydrogens (primary N) is 1. The van der Waals surface area contributed by atoms with E-state index in [1.807, 2.05) is 31.2 Å². The molecule has 0 bridgehead atoms. The first-order chi connectivity index (χ1) is 13.7. The third kappa shape index (κ3) is 3.66. The van der Waals surface area contributed by atoms with Crippen LogP contribution in [0.1, 0.15) is 54.9 Å². The van der Waals surface area contributed by atoms with Crippen LogP contribution in [0.3, 0.4) is 0 Å². The molecule has 9 heteroatoms. The van der Waals surface area contributed by atoms with Crippen LogP contribution in [0, 0.1) is 6.92 Å². The molecule has 8 nitrogen and oxygen atoms in total. The molecule has 0 atom stereocenters. The van der Waals surface area contributed by atoms with Gasteiger partial charge in [-0.1, -0.05) is 30.0 Å². The summed E-state index contributed by atoms with van der Waals surface area (Å²) in [6.45, 7) is 2.03. The number of benzene rings is 1. The van der Waals surface area contributed by atoms with Gasteiger partial charge in [-0.2, -0.15) is 15.0 Å². The van der Waals surface area contributed by atoms with Crippen molar-refractivity contribution >= 4 is 29.3 Å². The number of rotatable bonds is 7. The maximum Gasteiger partial charge on any atom is 0.232 e. The quantitative estimate of drug-likeness (QED) is 0.585. The molecule has 2 heterocycles. The van der Waals surface area contributed by atoms with Crippen molar-refractivity contribution in [2.75, 3.05) is 11.1 Å². The summed E-state index contributed by atoms with van der Waals surface area (Å²) in [5.41, 5.74) is 7.98. The zero-order valence-corrected chi connectivity index (χ0v) is 16.5. The van der Waals surface area contributed by atoms with Gasteiger partial charge in [-0.25, -0.2) is 0 Å². The molecule has 28 heavy (non-hydrogen) atoms. The van der Waals surface area contributed by atoms with Crippen molar-refractivity contribution in [1.29, 1.82) is 0 Å². The van der Waals surface area contributed by atoms with E-state index in [4.69, 9.17) is 5.73 Å². The van der Waals surface area contributed by atoms with E-state index in [9.17, 15) is 0 Å². The molecule has 2 saturated carbocycles. The van der Waals surface area contributed by atoms with E-state index in [0.717, 1.165) is 22.2 Å². The topological polar surface area (TPSA) is 107 Å². The van der Waals surface area contributed by atoms with Crippen molar-refractivity contribution in [2.24, 2.45) is 0 Å². The summed E-state index contributed by atoms with van der Waals surface area (Å²) < 4.78 is 2.33.